The van der Waals surface area contributed by atoms with E-state index in [1.807, 2.05) is 37.3 Å². The van der Waals surface area contributed by atoms with Gasteiger partial charge in [0.05, 0.1) is 12.5 Å². The number of hydrogen-bond acceptors (Lipinski definition) is 5. The number of thiazole rings is 1. The number of rotatable bonds is 7. The molecule has 0 aliphatic rings. The Morgan fingerprint density at radius 3 is 2.70 bits per heavy atom. The maximum absolute atomic E-state index is 11.9. The zero-order valence-corrected chi connectivity index (χ0v) is 13.5. The molecular formula is C16H18N2O4S. The van der Waals surface area contributed by atoms with Gasteiger partial charge in [-0.05, 0) is 12.0 Å². The van der Waals surface area contributed by atoms with E-state index in [2.05, 4.69) is 10.3 Å². The van der Waals surface area contributed by atoms with Gasteiger partial charge in [0.2, 0.25) is 0 Å². The fraction of sp³-hybridized carbons (Fsp3) is 0.312. The molecule has 2 N–H and O–H groups in total. The van der Waals surface area contributed by atoms with Crippen molar-refractivity contribution in [3.63, 3.8) is 0 Å². The lowest BCUT2D eigenvalue weighted by Crippen LogP contribution is -2.30. The Labute approximate surface area is 138 Å². The summed E-state index contributed by atoms with van der Waals surface area (Å²) in [6.07, 6.45) is 1.62. The Balaban J connectivity index is 1.96. The van der Waals surface area contributed by atoms with Crippen molar-refractivity contribution in [2.24, 2.45) is 0 Å². The second-order valence-corrected chi connectivity index (χ2v) is 6.02. The molecule has 1 heterocycles. The van der Waals surface area contributed by atoms with E-state index < -0.39 is 18.1 Å². The van der Waals surface area contributed by atoms with Crippen LogP contribution in [0.1, 0.15) is 34.8 Å². The van der Waals surface area contributed by atoms with E-state index in [1.54, 1.807) is 6.20 Å². The summed E-state index contributed by atoms with van der Waals surface area (Å²) in [5.41, 5.74) is 0.861. The summed E-state index contributed by atoms with van der Waals surface area (Å²) in [7, 11) is 0. The van der Waals surface area contributed by atoms with E-state index >= 15 is 0 Å². The van der Waals surface area contributed by atoms with Crippen LogP contribution in [-0.2, 0) is 22.6 Å². The van der Waals surface area contributed by atoms with Crippen LogP contribution in [0.2, 0.25) is 0 Å². The number of alkyl carbamates (subject to hydrolysis) is 1. The van der Waals surface area contributed by atoms with Crippen LogP contribution in [0.5, 0.6) is 0 Å². The Hall–Kier alpha value is -2.41. The minimum Gasteiger partial charge on any atom is -0.481 e. The third-order valence-corrected chi connectivity index (χ3v) is 4.36. The minimum atomic E-state index is -1.01. The van der Waals surface area contributed by atoms with E-state index in [-0.39, 0.29) is 13.0 Å². The topological polar surface area (TPSA) is 88.5 Å². The Morgan fingerprint density at radius 1 is 1.35 bits per heavy atom. The molecule has 1 atom stereocenters. The zero-order chi connectivity index (χ0) is 16.7. The van der Waals surface area contributed by atoms with Gasteiger partial charge in [0.15, 0.2) is 0 Å². The van der Waals surface area contributed by atoms with E-state index in [1.165, 1.54) is 11.3 Å². The van der Waals surface area contributed by atoms with Crippen LogP contribution in [0.25, 0.3) is 0 Å². The quantitative estimate of drug-likeness (QED) is 0.812. The molecule has 0 saturated carbocycles. The number of aryl methyl sites for hydroxylation is 1. The number of nitrogens with zero attached hydrogens (tertiary/aromatic N) is 1. The summed E-state index contributed by atoms with van der Waals surface area (Å²) in [6, 6.07) is 8.57. The number of amides is 1. The molecule has 122 valence electrons. The van der Waals surface area contributed by atoms with E-state index in [4.69, 9.17) is 9.84 Å². The minimum absolute atomic E-state index is 0.130. The third-order valence-electron chi connectivity index (χ3n) is 3.10. The molecule has 6 nitrogen and oxygen atoms in total. The molecule has 0 radical (unpaired) electrons. The largest absolute Gasteiger partial charge is 0.481 e. The Bertz CT molecular complexity index is 657. The lowest BCUT2D eigenvalue weighted by atomic mass is 10.2. The SMILES string of the molecule is CCc1cnc([C@H](CC(=O)O)NC(=O)OCc2ccccc2)s1. The normalized spacial score (nSPS) is 11.7. The maximum atomic E-state index is 11.9. The average molecular weight is 334 g/mol. The maximum Gasteiger partial charge on any atom is 0.408 e. The first kappa shape index (κ1) is 17.0. The van der Waals surface area contributed by atoms with E-state index in [9.17, 15) is 9.59 Å². The Kier molecular flexibility index (Phi) is 6.10. The van der Waals surface area contributed by atoms with E-state index in [0.717, 1.165) is 16.9 Å². The van der Waals surface area contributed by atoms with Crippen LogP contribution in [0.15, 0.2) is 36.5 Å². The molecule has 0 aliphatic carbocycles. The van der Waals surface area contributed by atoms with Crippen LogP contribution in [0.4, 0.5) is 4.79 Å². The molecule has 1 amide bonds. The number of hydrogen-bond donors (Lipinski definition) is 2. The number of carboxylic acid groups (broad SMARTS) is 1. The molecule has 0 spiro atoms. The molecule has 0 bridgehead atoms. The van der Waals surface area contributed by atoms with Gasteiger partial charge >= 0.3 is 12.1 Å². The van der Waals surface area contributed by atoms with Crippen molar-refractivity contribution in [1.82, 2.24) is 10.3 Å². The highest BCUT2D eigenvalue weighted by atomic mass is 32.1. The van der Waals surface area contributed by atoms with Gasteiger partial charge < -0.3 is 15.2 Å². The van der Waals surface area contributed by atoms with Gasteiger partial charge in [-0.1, -0.05) is 37.3 Å². The van der Waals surface area contributed by atoms with Crippen molar-refractivity contribution < 1.29 is 19.4 Å². The summed E-state index contributed by atoms with van der Waals surface area (Å²) in [5, 5.41) is 12.2. The Morgan fingerprint density at radius 2 is 2.09 bits per heavy atom. The highest BCUT2D eigenvalue weighted by molar-refractivity contribution is 7.11. The summed E-state index contributed by atoms with van der Waals surface area (Å²) < 4.78 is 5.13. The van der Waals surface area contributed by atoms with Gasteiger partial charge in [-0.3, -0.25) is 4.79 Å². The number of aliphatic carboxylic acids is 1. The second kappa shape index (κ2) is 8.28. The first-order valence-corrected chi connectivity index (χ1v) is 8.03. The van der Waals surface area contributed by atoms with E-state index in [0.29, 0.717) is 5.01 Å². The summed E-state index contributed by atoms with van der Waals surface area (Å²) in [5.74, 6) is -1.01. The predicted octanol–water partition coefficient (Wildman–Crippen LogP) is 3.15. The second-order valence-electron chi connectivity index (χ2n) is 4.87. The molecule has 2 rings (SSSR count). The van der Waals surface area contributed by atoms with Crippen LogP contribution in [-0.4, -0.2) is 22.2 Å². The van der Waals surface area contributed by atoms with Crippen LogP contribution in [0.3, 0.4) is 0 Å². The van der Waals surface area contributed by atoms with Crippen molar-refractivity contribution in [2.75, 3.05) is 0 Å². The molecule has 2 aromatic rings. The van der Waals surface area contributed by atoms with Gasteiger partial charge in [0, 0.05) is 11.1 Å². The highest BCUT2D eigenvalue weighted by Crippen LogP contribution is 2.23. The van der Waals surface area contributed by atoms with Gasteiger partial charge in [-0.2, -0.15) is 0 Å². The lowest BCUT2D eigenvalue weighted by molar-refractivity contribution is -0.137. The number of carboxylic acids is 1. The molecule has 23 heavy (non-hydrogen) atoms. The van der Waals surface area contributed by atoms with Gasteiger partial charge in [-0.25, -0.2) is 9.78 Å². The monoisotopic (exact) mass is 334 g/mol. The van der Waals surface area contributed by atoms with Crippen molar-refractivity contribution in [1.29, 1.82) is 0 Å². The summed E-state index contributed by atoms with van der Waals surface area (Å²) in [4.78, 5) is 28.1. The van der Waals surface area contributed by atoms with Crippen LogP contribution in [0, 0.1) is 0 Å². The molecular weight excluding hydrogens is 316 g/mol. The summed E-state index contributed by atoms with van der Waals surface area (Å²) in [6.45, 7) is 2.12. The van der Waals surface area contributed by atoms with Crippen molar-refractivity contribution in [3.05, 3.63) is 52.0 Å². The van der Waals surface area contributed by atoms with Crippen LogP contribution < -0.4 is 5.32 Å². The molecule has 0 unspecified atom stereocenters. The molecule has 0 saturated heterocycles. The number of carbonyl (C=O) groups excluding carboxylic acids is 1. The highest BCUT2D eigenvalue weighted by Gasteiger charge is 2.22. The molecule has 1 aromatic heterocycles. The van der Waals surface area contributed by atoms with Crippen molar-refractivity contribution in [3.8, 4) is 0 Å². The zero-order valence-electron chi connectivity index (χ0n) is 12.7. The third kappa shape index (κ3) is 5.37. The molecule has 0 aliphatic heterocycles. The average Bonchev–Trinajstić information content (AvgIpc) is 3.02. The molecule has 7 heteroatoms. The van der Waals surface area contributed by atoms with Gasteiger partial charge in [0.1, 0.15) is 11.6 Å². The van der Waals surface area contributed by atoms with Gasteiger partial charge in [-0.15, -0.1) is 11.3 Å². The molecule has 1 aromatic carbocycles. The standard InChI is InChI=1S/C16H18N2O4S/c1-2-12-9-17-15(23-12)13(8-14(19)20)18-16(21)22-10-11-6-4-3-5-7-11/h3-7,9,13H,2,8,10H2,1H3,(H,18,21)(H,19,20)/t13-/m0/s1. The fourth-order valence-corrected chi connectivity index (χ4v) is 2.84. The number of benzene rings is 1. The fourth-order valence-electron chi connectivity index (χ4n) is 1.93. The predicted molar refractivity (Wildman–Crippen MR) is 86.2 cm³/mol. The number of nitrogens with one attached hydrogen (secondary N) is 1. The van der Waals surface area contributed by atoms with Gasteiger partial charge in [0.25, 0.3) is 0 Å². The smallest absolute Gasteiger partial charge is 0.408 e. The summed E-state index contributed by atoms with van der Waals surface area (Å²) >= 11 is 1.39. The molecule has 0 fully saturated rings. The number of ether oxygens (including phenoxy) is 1. The number of aromatic nitrogens is 1. The number of carbonyl (C=O) groups is 2. The first-order valence-electron chi connectivity index (χ1n) is 7.22. The van der Waals surface area contributed by atoms with Crippen LogP contribution >= 0.6 is 11.3 Å². The lowest BCUT2D eigenvalue weighted by Gasteiger charge is -2.14. The van der Waals surface area contributed by atoms with Crippen molar-refractivity contribution in [2.45, 2.75) is 32.4 Å². The van der Waals surface area contributed by atoms with Crippen molar-refractivity contribution >= 4 is 23.4 Å². The first-order chi connectivity index (χ1) is 11.1.